The van der Waals surface area contributed by atoms with Crippen LogP contribution in [0.4, 0.5) is 0 Å². The fourth-order valence-electron chi connectivity index (χ4n) is 6.23. The Kier molecular flexibility index (Phi) is 40.4. The first-order valence-electron chi connectivity index (χ1n) is 24.0. The summed E-state index contributed by atoms with van der Waals surface area (Å²) in [5.74, 6) is -0.840. The molecular formula is C50H91NO8P+. The average molecular weight is 865 g/mol. The normalized spacial score (nSPS) is 14.0. The van der Waals surface area contributed by atoms with Crippen molar-refractivity contribution in [2.75, 3.05) is 47.5 Å². The van der Waals surface area contributed by atoms with Gasteiger partial charge < -0.3 is 18.9 Å². The Morgan fingerprint density at radius 1 is 0.517 bits per heavy atom. The molecule has 348 valence electrons. The van der Waals surface area contributed by atoms with Crippen LogP contribution in [0.3, 0.4) is 0 Å². The summed E-state index contributed by atoms with van der Waals surface area (Å²) < 4.78 is 34.3. The van der Waals surface area contributed by atoms with Gasteiger partial charge in [0.25, 0.3) is 0 Å². The smallest absolute Gasteiger partial charge is 0.462 e. The predicted octanol–water partition coefficient (Wildman–Crippen LogP) is 14.0. The van der Waals surface area contributed by atoms with Gasteiger partial charge >= 0.3 is 19.8 Å². The second-order valence-electron chi connectivity index (χ2n) is 17.1. The average Bonchev–Trinajstić information content (AvgIpc) is 3.20. The Bertz CT molecular complexity index is 1210. The monoisotopic (exact) mass is 865 g/mol. The van der Waals surface area contributed by atoms with Crippen LogP contribution < -0.4 is 0 Å². The Labute approximate surface area is 368 Å². The molecule has 0 aliphatic heterocycles. The molecule has 60 heavy (non-hydrogen) atoms. The lowest BCUT2D eigenvalue weighted by molar-refractivity contribution is -0.870. The van der Waals surface area contributed by atoms with E-state index in [1.165, 1.54) is 89.9 Å². The summed E-state index contributed by atoms with van der Waals surface area (Å²) in [5, 5.41) is 0. The van der Waals surface area contributed by atoms with Gasteiger partial charge in [-0.3, -0.25) is 18.6 Å². The maximum Gasteiger partial charge on any atom is 0.472 e. The molecule has 0 aromatic rings. The van der Waals surface area contributed by atoms with E-state index in [1.807, 2.05) is 21.1 Å². The molecule has 9 nitrogen and oxygen atoms in total. The van der Waals surface area contributed by atoms with Gasteiger partial charge in [0.15, 0.2) is 6.10 Å². The summed E-state index contributed by atoms with van der Waals surface area (Å²) in [5.41, 5.74) is 0. The Balaban J connectivity index is 4.38. The van der Waals surface area contributed by atoms with E-state index in [9.17, 15) is 19.0 Å². The molecule has 0 aromatic carbocycles. The molecule has 0 spiro atoms. The quantitative estimate of drug-likeness (QED) is 0.0212. The number of esters is 2. The van der Waals surface area contributed by atoms with Crippen LogP contribution in [-0.4, -0.2) is 74.9 Å². The Morgan fingerprint density at radius 2 is 0.900 bits per heavy atom. The van der Waals surface area contributed by atoms with E-state index >= 15 is 0 Å². The van der Waals surface area contributed by atoms with Gasteiger partial charge in [-0.25, -0.2) is 4.57 Å². The number of allylic oxidation sites excluding steroid dienone is 10. The second-order valence-corrected chi connectivity index (χ2v) is 18.6. The van der Waals surface area contributed by atoms with E-state index in [0.29, 0.717) is 23.9 Å². The zero-order chi connectivity index (χ0) is 44.3. The molecule has 0 rings (SSSR count). The van der Waals surface area contributed by atoms with Crippen molar-refractivity contribution in [1.29, 1.82) is 0 Å². The molecule has 0 aliphatic rings. The van der Waals surface area contributed by atoms with Crippen molar-refractivity contribution in [3.05, 3.63) is 60.8 Å². The maximum atomic E-state index is 12.7. The molecule has 0 bridgehead atoms. The van der Waals surface area contributed by atoms with Crippen LogP contribution in [0.25, 0.3) is 0 Å². The number of nitrogens with zero attached hydrogens (tertiary/aromatic N) is 1. The predicted molar refractivity (Wildman–Crippen MR) is 252 cm³/mol. The molecule has 0 radical (unpaired) electrons. The van der Waals surface area contributed by atoms with E-state index in [4.69, 9.17) is 18.5 Å². The highest BCUT2D eigenvalue weighted by Crippen LogP contribution is 2.43. The zero-order valence-corrected chi connectivity index (χ0v) is 40.1. The molecule has 0 saturated heterocycles. The molecule has 0 aliphatic carbocycles. The highest BCUT2D eigenvalue weighted by molar-refractivity contribution is 7.47. The van der Waals surface area contributed by atoms with Crippen LogP contribution in [0.1, 0.15) is 194 Å². The van der Waals surface area contributed by atoms with E-state index in [1.54, 1.807) is 0 Å². The van der Waals surface area contributed by atoms with Crippen molar-refractivity contribution in [3.63, 3.8) is 0 Å². The minimum Gasteiger partial charge on any atom is -0.462 e. The number of quaternary nitrogens is 1. The van der Waals surface area contributed by atoms with Crippen molar-refractivity contribution in [3.8, 4) is 0 Å². The number of unbranched alkanes of at least 4 members (excludes halogenated alkanes) is 19. The maximum absolute atomic E-state index is 12.7. The number of hydrogen-bond acceptors (Lipinski definition) is 7. The second kappa shape index (κ2) is 42.0. The lowest BCUT2D eigenvalue weighted by Gasteiger charge is -2.24. The third-order valence-electron chi connectivity index (χ3n) is 10.0. The molecule has 2 atom stereocenters. The van der Waals surface area contributed by atoms with Crippen LogP contribution in [0.2, 0.25) is 0 Å². The van der Waals surface area contributed by atoms with Crippen LogP contribution in [0.15, 0.2) is 60.8 Å². The van der Waals surface area contributed by atoms with Gasteiger partial charge in [-0.1, -0.05) is 158 Å². The first-order valence-corrected chi connectivity index (χ1v) is 25.5. The number of ether oxygens (including phenoxy) is 2. The van der Waals surface area contributed by atoms with Crippen LogP contribution in [-0.2, 0) is 32.7 Å². The SMILES string of the molecule is CCCCC/C=C\C/C=C\C/C=C\C/C=C\CCCCCC(=O)OC[C@H](COP(=O)(O)OCC[N+](C)(C)C)OC(=O)CCCCCCCCC/C=C\CCCCCCCC. The molecule has 0 fully saturated rings. The first-order chi connectivity index (χ1) is 29.0. The number of carbonyl (C=O) groups is 2. The number of carbonyl (C=O) groups excluding carboxylic acids is 2. The van der Waals surface area contributed by atoms with Crippen LogP contribution in [0.5, 0.6) is 0 Å². The minimum atomic E-state index is -4.39. The van der Waals surface area contributed by atoms with Crippen LogP contribution >= 0.6 is 7.82 Å². The van der Waals surface area contributed by atoms with Crippen molar-refractivity contribution >= 4 is 19.8 Å². The number of rotatable bonds is 43. The number of likely N-dealkylation sites (N-methyl/N-ethyl adjacent to an activating group) is 1. The van der Waals surface area contributed by atoms with Gasteiger partial charge in [-0.05, 0) is 83.5 Å². The van der Waals surface area contributed by atoms with Gasteiger partial charge in [0.2, 0.25) is 0 Å². The third-order valence-corrected chi connectivity index (χ3v) is 11.0. The van der Waals surface area contributed by atoms with Gasteiger partial charge in [0.1, 0.15) is 19.8 Å². The highest BCUT2D eigenvalue weighted by Gasteiger charge is 2.27. The van der Waals surface area contributed by atoms with Gasteiger partial charge in [-0.2, -0.15) is 0 Å². The third kappa shape index (κ3) is 45.2. The minimum absolute atomic E-state index is 0.0233. The van der Waals surface area contributed by atoms with Crippen molar-refractivity contribution < 1.29 is 42.1 Å². The van der Waals surface area contributed by atoms with E-state index < -0.39 is 32.5 Å². The van der Waals surface area contributed by atoms with Crippen LogP contribution in [0, 0.1) is 0 Å². The summed E-state index contributed by atoms with van der Waals surface area (Å²) >= 11 is 0. The number of hydrogen-bond donors (Lipinski definition) is 1. The molecule has 1 unspecified atom stereocenters. The highest BCUT2D eigenvalue weighted by atomic mass is 31.2. The van der Waals surface area contributed by atoms with E-state index in [2.05, 4.69) is 74.6 Å². The molecular weight excluding hydrogens is 774 g/mol. The van der Waals surface area contributed by atoms with Gasteiger partial charge in [0.05, 0.1) is 27.7 Å². The topological polar surface area (TPSA) is 108 Å². The standard InChI is InChI=1S/C50H90NO8P/c1-6-8-10-12-14-16-18-20-22-24-25-27-28-30-32-34-36-38-40-42-49(52)56-46-48(47-58-60(54,55)57-45-44-51(3,4)5)59-50(53)43-41-39-37-35-33-31-29-26-23-21-19-17-15-13-11-9-7-2/h14,16,20-23,25,27,30,32,48H,6-13,15,17-19,24,26,28-29,31,33-47H2,1-5H3/p+1/b16-14-,22-20-,23-21-,27-25-,32-30-/t48-/m1/s1. The summed E-state index contributed by atoms with van der Waals surface area (Å²) in [7, 11) is 1.45. The fourth-order valence-corrected chi connectivity index (χ4v) is 6.97. The molecule has 0 heterocycles. The number of phosphoric acid groups is 1. The summed E-state index contributed by atoms with van der Waals surface area (Å²) in [4.78, 5) is 35.5. The zero-order valence-electron chi connectivity index (χ0n) is 39.2. The molecule has 10 heteroatoms. The molecule has 0 aromatic heterocycles. The first kappa shape index (κ1) is 57.7. The lowest BCUT2D eigenvalue weighted by Crippen LogP contribution is -2.37. The Hall–Kier alpha value is -2.29. The largest absolute Gasteiger partial charge is 0.472 e. The van der Waals surface area contributed by atoms with Crippen molar-refractivity contribution in [1.82, 2.24) is 0 Å². The van der Waals surface area contributed by atoms with Crippen molar-refractivity contribution in [2.45, 2.75) is 200 Å². The Morgan fingerprint density at radius 3 is 1.40 bits per heavy atom. The van der Waals surface area contributed by atoms with Gasteiger partial charge in [-0.15, -0.1) is 0 Å². The van der Waals surface area contributed by atoms with E-state index in [-0.39, 0.29) is 26.1 Å². The van der Waals surface area contributed by atoms with E-state index in [0.717, 1.165) is 64.2 Å². The summed E-state index contributed by atoms with van der Waals surface area (Å²) in [6, 6.07) is 0. The summed E-state index contributed by atoms with van der Waals surface area (Å²) in [6.45, 7) is 4.35. The lowest BCUT2D eigenvalue weighted by atomic mass is 10.1. The molecule has 1 N–H and O–H groups in total. The van der Waals surface area contributed by atoms with Crippen molar-refractivity contribution in [2.24, 2.45) is 0 Å². The number of phosphoric ester groups is 1. The van der Waals surface area contributed by atoms with Gasteiger partial charge in [0, 0.05) is 12.8 Å². The summed E-state index contributed by atoms with van der Waals surface area (Å²) in [6.07, 6.45) is 51.2. The molecule has 0 saturated carbocycles. The fraction of sp³-hybridized carbons (Fsp3) is 0.760. The molecule has 0 amide bonds.